The van der Waals surface area contributed by atoms with Gasteiger partial charge >= 0.3 is 0 Å². The van der Waals surface area contributed by atoms with Gasteiger partial charge in [-0.25, -0.2) is 9.97 Å². The van der Waals surface area contributed by atoms with Crippen molar-refractivity contribution in [3.8, 4) is 0 Å². The monoisotopic (exact) mass is 392 g/mol. The second kappa shape index (κ2) is 7.34. The van der Waals surface area contributed by atoms with Crippen molar-refractivity contribution in [2.75, 3.05) is 0 Å². The Morgan fingerprint density at radius 2 is 1.86 bits per heavy atom. The van der Waals surface area contributed by atoms with Gasteiger partial charge in [-0.1, -0.05) is 12.1 Å². The molecule has 29 heavy (non-hydrogen) atoms. The number of carbonyl (C=O) groups excluding carboxylic acids is 5. The average molecular weight is 392 g/mol. The molecule has 0 bridgehead atoms. The Kier molecular flexibility index (Phi) is 4.71. The van der Waals surface area contributed by atoms with Crippen LogP contribution in [0.15, 0.2) is 36.9 Å². The van der Waals surface area contributed by atoms with E-state index >= 15 is 0 Å². The van der Waals surface area contributed by atoms with Gasteiger partial charge in [0.15, 0.2) is 5.78 Å². The summed E-state index contributed by atoms with van der Waals surface area (Å²) in [7, 11) is 0. The van der Waals surface area contributed by atoms with Gasteiger partial charge in [0, 0.05) is 25.4 Å². The molecule has 0 saturated heterocycles. The molecule has 1 N–H and O–H groups in total. The normalized spacial score (nSPS) is 18.8. The predicted molar refractivity (Wildman–Crippen MR) is 97.8 cm³/mol. The van der Waals surface area contributed by atoms with Gasteiger partial charge in [-0.05, 0) is 18.1 Å². The Morgan fingerprint density at radius 1 is 1.10 bits per heavy atom. The molecule has 0 radical (unpaired) electrons. The van der Waals surface area contributed by atoms with Gasteiger partial charge in [-0.15, -0.1) is 0 Å². The number of Topliss-reactive ketones (excluding diaryl/α,β-unsaturated/α-hetero) is 2. The molecule has 1 aromatic heterocycles. The molecule has 1 aliphatic heterocycles. The summed E-state index contributed by atoms with van der Waals surface area (Å²) in [5, 5.41) is 2.68. The SMILES string of the molecule is O=C1CCC(N2C(=O)c3cccc(CNC(=O)c4cncnc4)c3C2=O)C(=O)C1. The molecule has 3 amide bonds. The summed E-state index contributed by atoms with van der Waals surface area (Å²) in [6.45, 7) is 0.0147. The average Bonchev–Trinajstić information content (AvgIpc) is 2.98. The van der Waals surface area contributed by atoms with E-state index in [1.54, 1.807) is 12.1 Å². The lowest BCUT2D eigenvalue weighted by molar-refractivity contribution is -0.132. The molecule has 1 saturated carbocycles. The van der Waals surface area contributed by atoms with Crippen molar-refractivity contribution in [3.05, 3.63) is 59.2 Å². The van der Waals surface area contributed by atoms with Gasteiger partial charge in [-0.2, -0.15) is 0 Å². The zero-order valence-corrected chi connectivity index (χ0v) is 15.3. The number of benzene rings is 1. The maximum Gasteiger partial charge on any atom is 0.262 e. The maximum absolute atomic E-state index is 13.0. The lowest BCUT2D eigenvalue weighted by Gasteiger charge is -2.27. The van der Waals surface area contributed by atoms with E-state index in [1.807, 2.05) is 0 Å². The van der Waals surface area contributed by atoms with Crippen molar-refractivity contribution in [2.45, 2.75) is 31.8 Å². The molecule has 4 rings (SSSR count). The predicted octanol–water partition coefficient (Wildman–Crippen LogP) is 0.693. The molecular formula is C20H16N4O5. The Morgan fingerprint density at radius 3 is 2.59 bits per heavy atom. The lowest BCUT2D eigenvalue weighted by Crippen LogP contribution is -2.47. The largest absolute Gasteiger partial charge is 0.348 e. The van der Waals surface area contributed by atoms with Crippen molar-refractivity contribution >= 4 is 29.3 Å². The van der Waals surface area contributed by atoms with Crippen molar-refractivity contribution in [1.82, 2.24) is 20.2 Å². The summed E-state index contributed by atoms with van der Waals surface area (Å²) in [4.78, 5) is 70.3. The highest BCUT2D eigenvalue weighted by Crippen LogP contribution is 2.31. The number of imide groups is 1. The van der Waals surface area contributed by atoms with E-state index in [0.717, 1.165) is 4.90 Å². The van der Waals surface area contributed by atoms with Crippen LogP contribution in [-0.4, -0.2) is 50.2 Å². The molecule has 2 aromatic rings. The van der Waals surface area contributed by atoms with E-state index in [-0.39, 0.29) is 48.3 Å². The summed E-state index contributed by atoms with van der Waals surface area (Å²) >= 11 is 0. The van der Waals surface area contributed by atoms with Crippen LogP contribution in [0.25, 0.3) is 0 Å². The van der Waals surface area contributed by atoms with E-state index in [9.17, 15) is 24.0 Å². The molecule has 0 spiro atoms. The van der Waals surface area contributed by atoms with Crippen LogP contribution < -0.4 is 5.32 Å². The van der Waals surface area contributed by atoms with Crippen molar-refractivity contribution in [3.63, 3.8) is 0 Å². The fraction of sp³-hybridized carbons (Fsp3) is 0.250. The molecule has 1 aromatic carbocycles. The standard InChI is InChI=1S/C20H16N4O5/c25-13-4-5-15(16(26)6-13)24-19(28)14-3-1-2-11(17(14)20(24)29)9-23-18(27)12-7-21-10-22-8-12/h1-3,7-8,10,15H,4-6,9H2,(H,23,27). The number of fused-ring (bicyclic) bond motifs is 1. The van der Waals surface area contributed by atoms with Crippen LogP contribution in [0.1, 0.15) is 55.9 Å². The van der Waals surface area contributed by atoms with Crippen molar-refractivity contribution in [1.29, 1.82) is 0 Å². The highest BCUT2D eigenvalue weighted by atomic mass is 16.2. The van der Waals surface area contributed by atoms with E-state index in [1.165, 1.54) is 24.8 Å². The first kappa shape index (κ1) is 18.6. The molecule has 1 aliphatic carbocycles. The quantitative estimate of drug-likeness (QED) is 0.599. The third-order valence-electron chi connectivity index (χ3n) is 5.05. The van der Waals surface area contributed by atoms with Gasteiger partial charge in [-0.3, -0.25) is 28.9 Å². The smallest absolute Gasteiger partial charge is 0.262 e. The van der Waals surface area contributed by atoms with Gasteiger partial charge in [0.2, 0.25) is 0 Å². The zero-order chi connectivity index (χ0) is 20.5. The molecule has 2 heterocycles. The second-order valence-electron chi connectivity index (χ2n) is 6.87. The minimum absolute atomic E-state index is 0.0147. The topological polar surface area (TPSA) is 126 Å². The molecule has 2 aliphatic rings. The number of aromatic nitrogens is 2. The number of hydrogen-bond donors (Lipinski definition) is 1. The molecular weight excluding hydrogens is 376 g/mol. The Balaban J connectivity index is 1.57. The number of hydrogen-bond acceptors (Lipinski definition) is 7. The van der Waals surface area contributed by atoms with Crippen LogP contribution in [0.3, 0.4) is 0 Å². The highest BCUT2D eigenvalue weighted by Gasteiger charge is 2.45. The number of amides is 3. The Hall–Kier alpha value is -3.75. The minimum Gasteiger partial charge on any atom is -0.348 e. The van der Waals surface area contributed by atoms with Gasteiger partial charge in [0.05, 0.1) is 29.2 Å². The van der Waals surface area contributed by atoms with Crippen LogP contribution in [0.2, 0.25) is 0 Å². The molecule has 1 fully saturated rings. The summed E-state index contributed by atoms with van der Waals surface area (Å²) in [6, 6.07) is 3.85. The van der Waals surface area contributed by atoms with Crippen molar-refractivity contribution < 1.29 is 24.0 Å². The zero-order valence-electron chi connectivity index (χ0n) is 15.3. The van der Waals surface area contributed by atoms with Crippen LogP contribution >= 0.6 is 0 Å². The summed E-state index contributed by atoms with van der Waals surface area (Å²) < 4.78 is 0. The van der Waals surface area contributed by atoms with Crippen LogP contribution in [0.5, 0.6) is 0 Å². The second-order valence-corrected chi connectivity index (χ2v) is 6.87. The number of rotatable bonds is 4. The maximum atomic E-state index is 13.0. The van der Waals surface area contributed by atoms with Crippen LogP contribution in [0, 0.1) is 0 Å². The first-order valence-corrected chi connectivity index (χ1v) is 9.04. The van der Waals surface area contributed by atoms with E-state index in [0.29, 0.717) is 5.56 Å². The van der Waals surface area contributed by atoms with E-state index in [4.69, 9.17) is 0 Å². The minimum atomic E-state index is -0.927. The molecule has 1 atom stereocenters. The van der Waals surface area contributed by atoms with Crippen LogP contribution in [-0.2, 0) is 16.1 Å². The Labute approximate surface area is 165 Å². The van der Waals surface area contributed by atoms with Crippen LogP contribution in [0.4, 0.5) is 0 Å². The molecule has 9 heteroatoms. The fourth-order valence-electron chi connectivity index (χ4n) is 3.63. The fourth-order valence-corrected chi connectivity index (χ4v) is 3.63. The number of nitrogens with zero attached hydrogens (tertiary/aromatic N) is 3. The van der Waals surface area contributed by atoms with Gasteiger partial charge < -0.3 is 5.32 Å². The number of ketones is 2. The molecule has 146 valence electrons. The summed E-state index contributed by atoms with van der Waals surface area (Å²) in [5.41, 5.74) is 1.09. The first-order valence-electron chi connectivity index (χ1n) is 9.04. The number of carbonyl (C=O) groups is 5. The molecule has 9 nitrogen and oxygen atoms in total. The van der Waals surface area contributed by atoms with Gasteiger partial charge in [0.25, 0.3) is 17.7 Å². The third-order valence-corrected chi connectivity index (χ3v) is 5.05. The Bertz CT molecular complexity index is 1050. The lowest BCUT2D eigenvalue weighted by atomic mass is 9.92. The van der Waals surface area contributed by atoms with Crippen molar-refractivity contribution in [2.24, 2.45) is 0 Å². The highest BCUT2D eigenvalue weighted by molar-refractivity contribution is 6.24. The first-order chi connectivity index (χ1) is 14.0. The van der Waals surface area contributed by atoms with E-state index < -0.39 is 29.5 Å². The van der Waals surface area contributed by atoms with E-state index in [2.05, 4.69) is 15.3 Å². The number of nitrogens with one attached hydrogen (secondary N) is 1. The summed E-state index contributed by atoms with van der Waals surface area (Å²) in [5.74, 6) is -2.16. The third kappa shape index (κ3) is 3.31. The summed E-state index contributed by atoms with van der Waals surface area (Å²) in [6.07, 6.45) is 4.07. The van der Waals surface area contributed by atoms with Gasteiger partial charge in [0.1, 0.15) is 12.1 Å². The molecule has 1 unspecified atom stereocenters.